The van der Waals surface area contributed by atoms with Gasteiger partial charge in [0.05, 0.1) is 35.1 Å². The summed E-state index contributed by atoms with van der Waals surface area (Å²) in [5.41, 5.74) is 4.14. The van der Waals surface area contributed by atoms with Gasteiger partial charge in [-0.15, -0.1) is 0 Å². The van der Waals surface area contributed by atoms with E-state index in [4.69, 9.17) is 30.8 Å². The Bertz CT molecular complexity index is 1310. The van der Waals surface area contributed by atoms with E-state index in [1.54, 1.807) is 0 Å². The predicted molar refractivity (Wildman–Crippen MR) is 153 cm³/mol. The number of aryl methyl sites for hydroxylation is 2. The van der Waals surface area contributed by atoms with Crippen LogP contribution in [0, 0.1) is 26.2 Å². The molecule has 216 valence electrons. The smallest absolute Gasteiger partial charge is 0.251 e. The Labute approximate surface area is 239 Å². The van der Waals surface area contributed by atoms with Gasteiger partial charge in [0.2, 0.25) is 0 Å². The van der Waals surface area contributed by atoms with Crippen LogP contribution in [0.5, 0.6) is 5.75 Å². The summed E-state index contributed by atoms with van der Waals surface area (Å²) in [5, 5.41) is 7.82. The van der Waals surface area contributed by atoms with Crippen LogP contribution in [0.15, 0.2) is 22.7 Å². The zero-order chi connectivity index (χ0) is 28.4. The second-order valence-corrected chi connectivity index (χ2v) is 11.4. The molecule has 0 bridgehead atoms. The lowest BCUT2D eigenvalue weighted by atomic mass is 9.72. The average Bonchev–Trinajstić information content (AvgIpc) is 3.24. The van der Waals surface area contributed by atoms with Crippen LogP contribution >= 0.6 is 11.6 Å². The normalized spacial score (nSPS) is 17.1. The maximum Gasteiger partial charge on any atom is 0.251 e. The molecule has 1 N–H and O–H groups in total. The van der Waals surface area contributed by atoms with E-state index in [0.717, 1.165) is 67.2 Å². The van der Waals surface area contributed by atoms with Gasteiger partial charge in [-0.1, -0.05) is 16.8 Å². The lowest BCUT2D eigenvalue weighted by molar-refractivity contribution is 0.0318. The third-order valence-electron chi connectivity index (χ3n) is 8.07. The molecule has 0 saturated carbocycles. The molecule has 0 aliphatic carbocycles. The molecule has 11 heteroatoms. The lowest BCUT2D eigenvalue weighted by Gasteiger charge is -2.54. The summed E-state index contributed by atoms with van der Waals surface area (Å²) in [6.45, 7) is 10.2. The average molecular weight is 575 g/mol. The molecule has 1 spiro atoms. The van der Waals surface area contributed by atoms with Crippen LogP contribution in [0.1, 0.15) is 36.3 Å². The number of hydrogen-bond donors (Lipinski definition) is 1. The van der Waals surface area contributed by atoms with E-state index >= 15 is 0 Å². The van der Waals surface area contributed by atoms with Crippen LogP contribution in [0.4, 0.5) is 14.6 Å². The highest BCUT2D eigenvalue weighted by atomic mass is 35.5. The van der Waals surface area contributed by atoms with Gasteiger partial charge in [0.15, 0.2) is 5.82 Å². The molecule has 1 aromatic carbocycles. The largest absolute Gasteiger partial charge is 0.494 e. The molecular weight excluding hydrogens is 538 g/mol. The molecule has 2 fully saturated rings. The third kappa shape index (κ3) is 5.94. The minimum Gasteiger partial charge on any atom is -0.494 e. The Kier molecular flexibility index (Phi) is 8.58. The number of benzene rings is 1. The number of alkyl halides is 2. The Balaban J connectivity index is 1.46. The topological polar surface area (TPSA) is 79.5 Å². The second-order valence-electron chi connectivity index (χ2n) is 11.0. The molecule has 0 atom stereocenters. The first-order valence-electron chi connectivity index (χ1n) is 13.8. The van der Waals surface area contributed by atoms with Crippen molar-refractivity contribution in [3.05, 3.63) is 40.2 Å². The molecule has 0 amide bonds. The Hall–Kier alpha value is -2.82. The van der Waals surface area contributed by atoms with E-state index in [0.29, 0.717) is 47.6 Å². The fourth-order valence-electron chi connectivity index (χ4n) is 5.84. The number of anilines is 1. The summed E-state index contributed by atoms with van der Waals surface area (Å²) in [4.78, 5) is 14.2. The fourth-order valence-corrected chi connectivity index (χ4v) is 6.04. The number of halogens is 3. The van der Waals surface area contributed by atoms with Gasteiger partial charge in [-0.3, -0.25) is 4.90 Å². The van der Waals surface area contributed by atoms with E-state index < -0.39 is 6.43 Å². The third-order valence-corrected chi connectivity index (χ3v) is 8.40. The lowest BCUT2D eigenvalue weighted by Crippen LogP contribution is -2.61. The molecule has 0 radical (unpaired) electrons. The van der Waals surface area contributed by atoms with Crippen molar-refractivity contribution in [2.75, 3.05) is 57.8 Å². The van der Waals surface area contributed by atoms with Gasteiger partial charge in [-0.25, -0.2) is 18.7 Å². The minimum atomic E-state index is -2.29. The van der Waals surface area contributed by atoms with Crippen LogP contribution < -0.4 is 15.0 Å². The van der Waals surface area contributed by atoms with Crippen molar-refractivity contribution in [3.8, 4) is 28.4 Å². The Morgan fingerprint density at radius 1 is 1.15 bits per heavy atom. The van der Waals surface area contributed by atoms with Crippen LogP contribution in [0.2, 0.25) is 5.02 Å². The predicted octanol–water partition coefficient (Wildman–Crippen LogP) is 5.53. The first kappa shape index (κ1) is 28.7. The van der Waals surface area contributed by atoms with E-state index in [2.05, 4.69) is 15.4 Å². The Morgan fingerprint density at radius 3 is 2.55 bits per heavy atom. The number of nitrogens with one attached hydrogen (secondary N) is 1. The van der Waals surface area contributed by atoms with Gasteiger partial charge in [-0.05, 0) is 84.9 Å². The van der Waals surface area contributed by atoms with Crippen molar-refractivity contribution in [1.82, 2.24) is 25.3 Å². The van der Waals surface area contributed by atoms with Crippen molar-refractivity contribution in [2.24, 2.45) is 5.41 Å². The molecule has 0 unspecified atom stereocenters. The fraction of sp³-hybridized carbons (Fsp3) is 0.552. The van der Waals surface area contributed by atoms with E-state index in [1.165, 1.54) is 0 Å². The molecule has 3 aromatic rings. The first-order valence-corrected chi connectivity index (χ1v) is 14.2. The number of likely N-dealkylation sites (tertiary alicyclic amines) is 1. The Morgan fingerprint density at radius 2 is 1.90 bits per heavy atom. The van der Waals surface area contributed by atoms with Crippen LogP contribution in [0.25, 0.3) is 22.6 Å². The van der Waals surface area contributed by atoms with Gasteiger partial charge < -0.3 is 19.5 Å². The van der Waals surface area contributed by atoms with Gasteiger partial charge in [0, 0.05) is 29.6 Å². The van der Waals surface area contributed by atoms with Crippen molar-refractivity contribution >= 4 is 17.4 Å². The van der Waals surface area contributed by atoms with E-state index in [1.807, 2.05) is 50.9 Å². The molecule has 40 heavy (non-hydrogen) atoms. The second kappa shape index (κ2) is 12.0. The molecule has 2 aliphatic heterocycles. The standard InChI is InChI=1S/C29H37ClF2N6O2/c1-18-26(25-19(2)36-40-20(25)3)34-27(22-14-21(6-7-23(22)30)39-13-5-10-33-4)35-28(18)38-16-29(17-38)8-11-37(12-9-29)15-24(31)32/h6-7,14,24,33H,5,8-13,15-17H2,1-4H3. The van der Waals surface area contributed by atoms with Gasteiger partial charge in [0.1, 0.15) is 17.3 Å². The molecule has 5 rings (SSSR count). The molecule has 2 aromatic heterocycles. The summed E-state index contributed by atoms with van der Waals surface area (Å²) in [5.74, 6) is 2.75. The quantitative estimate of drug-likeness (QED) is 0.317. The monoisotopic (exact) mass is 574 g/mol. The SMILES string of the molecule is CNCCCOc1ccc(Cl)c(-c2nc(-c3c(C)noc3C)c(C)c(N3CC4(CCN(CC(F)F)CC4)C3)n2)c1. The zero-order valence-corrected chi connectivity index (χ0v) is 24.3. The summed E-state index contributed by atoms with van der Waals surface area (Å²) < 4.78 is 37.2. The number of piperidine rings is 1. The van der Waals surface area contributed by atoms with Gasteiger partial charge in [-0.2, -0.15) is 0 Å². The number of rotatable bonds is 10. The van der Waals surface area contributed by atoms with Crippen LogP contribution in [-0.4, -0.2) is 79.4 Å². The minimum absolute atomic E-state index is 0.123. The molecule has 8 nitrogen and oxygen atoms in total. The zero-order valence-electron chi connectivity index (χ0n) is 23.6. The van der Waals surface area contributed by atoms with Gasteiger partial charge in [0.25, 0.3) is 6.43 Å². The number of ether oxygens (including phenoxy) is 1. The number of nitrogens with zero attached hydrogens (tertiary/aromatic N) is 5. The molecular formula is C29H37ClF2N6O2. The van der Waals surface area contributed by atoms with Crippen molar-refractivity contribution < 1.29 is 18.0 Å². The number of hydrogen-bond acceptors (Lipinski definition) is 8. The summed E-state index contributed by atoms with van der Waals surface area (Å²) in [7, 11) is 1.92. The maximum absolute atomic E-state index is 12.9. The van der Waals surface area contributed by atoms with Crippen molar-refractivity contribution in [1.29, 1.82) is 0 Å². The summed E-state index contributed by atoms with van der Waals surface area (Å²) in [6.07, 6.45) is 0.401. The molecule has 4 heterocycles. The van der Waals surface area contributed by atoms with Crippen molar-refractivity contribution in [3.63, 3.8) is 0 Å². The highest BCUT2D eigenvalue weighted by Crippen LogP contribution is 2.45. The summed E-state index contributed by atoms with van der Waals surface area (Å²) in [6, 6.07) is 5.56. The number of aromatic nitrogens is 3. The van der Waals surface area contributed by atoms with Gasteiger partial charge >= 0.3 is 0 Å². The first-order chi connectivity index (χ1) is 19.2. The highest BCUT2D eigenvalue weighted by molar-refractivity contribution is 6.33. The molecule has 2 aliphatic rings. The maximum atomic E-state index is 12.9. The summed E-state index contributed by atoms with van der Waals surface area (Å²) >= 11 is 6.69. The van der Waals surface area contributed by atoms with Crippen molar-refractivity contribution in [2.45, 2.75) is 46.5 Å². The van der Waals surface area contributed by atoms with E-state index in [-0.39, 0.29) is 12.0 Å². The highest BCUT2D eigenvalue weighted by Gasteiger charge is 2.46. The van der Waals surface area contributed by atoms with Crippen LogP contribution in [-0.2, 0) is 0 Å². The molecule has 2 saturated heterocycles. The van der Waals surface area contributed by atoms with Crippen LogP contribution in [0.3, 0.4) is 0 Å². The van der Waals surface area contributed by atoms with E-state index in [9.17, 15) is 8.78 Å².